The summed E-state index contributed by atoms with van der Waals surface area (Å²) in [5.41, 5.74) is -1.12. The van der Waals surface area contributed by atoms with Crippen LogP contribution in [0.2, 0.25) is 0 Å². The largest absolute Gasteiger partial charge is 0.483 e. The number of ether oxygens (including phenoxy) is 2. The van der Waals surface area contributed by atoms with Crippen LogP contribution in [0, 0.1) is 23.7 Å². The zero-order chi connectivity index (χ0) is 64.9. The molecule has 11 nitrogen and oxygen atoms in total. The number of benzene rings is 2. The molecule has 2 N–H and O–H groups in total. The van der Waals surface area contributed by atoms with Crippen LogP contribution in [-0.4, -0.2) is 127 Å². The van der Waals surface area contributed by atoms with E-state index in [-0.39, 0.29) is 46.9 Å². The van der Waals surface area contributed by atoms with Crippen molar-refractivity contribution >= 4 is 39.4 Å². The predicted molar refractivity (Wildman–Crippen MR) is 235 cm³/mol. The zero-order valence-electron chi connectivity index (χ0n) is 42.9. The lowest BCUT2D eigenvalue weighted by atomic mass is 9.78. The van der Waals surface area contributed by atoms with Crippen molar-refractivity contribution in [3.8, 4) is 11.5 Å². The number of amides is 2. The third-order valence-electron chi connectivity index (χ3n) is 12.6. The van der Waals surface area contributed by atoms with Crippen LogP contribution in [0.1, 0.15) is 85.6 Å². The Morgan fingerprint density at radius 1 is 0.573 bits per heavy atom. The Morgan fingerprint density at radius 2 is 0.963 bits per heavy atom. The van der Waals surface area contributed by atoms with Crippen LogP contribution in [-0.2, 0) is 29.3 Å². The maximum Gasteiger partial charge on any atom is 0.384 e. The number of hydrogen-bond acceptors (Lipinski definition) is 8. The van der Waals surface area contributed by atoms with Gasteiger partial charge in [-0.1, -0.05) is 60.6 Å². The summed E-state index contributed by atoms with van der Waals surface area (Å²) in [6.07, 6.45) is -9.64. The first-order valence-corrected chi connectivity index (χ1v) is 24.6. The third-order valence-corrected chi connectivity index (χ3v) is 13.4. The molecule has 5 atom stereocenters. The lowest BCUT2D eigenvalue weighted by Gasteiger charge is -2.39. The Morgan fingerprint density at radius 3 is 1.27 bits per heavy atom. The summed E-state index contributed by atoms with van der Waals surface area (Å²) in [6.45, 7) is 4.54. The minimum absolute atomic E-state index is 0.00361. The van der Waals surface area contributed by atoms with E-state index in [1.807, 2.05) is 27.7 Å². The molecule has 1 saturated heterocycles. The highest BCUT2D eigenvalue weighted by Crippen LogP contribution is 2.60. The molecule has 2 aromatic carbocycles. The number of anilines is 1. The Bertz CT molecular complexity index is 2640. The van der Waals surface area contributed by atoms with Gasteiger partial charge in [-0.2, -0.15) is 96.2 Å². The van der Waals surface area contributed by atoms with E-state index in [0.29, 0.717) is 12.2 Å². The van der Waals surface area contributed by atoms with E-state index in [0.717, 1.165) is 44.0 Å². The van der Waals surface area contributed by atoms with Crippen LogP contribution in [0.3, 0.4) is 0 Å². The Labute approximate surface area is 449 Å². The molecular formula is C46H49F24NO10S. The summed E-state index contributed by atoms with van der Waals surface area (Å²) in [7, 11) is -4.80. The lowest BCUT2D eigenvalue weighted by Crippen LogP contribution is -2.69. The second kappa shape index (κ2) is 26.2. The molecule has 0 radical (unpaired) electrons. The van der Waals surface area contributed by atoms with E-state index in [1.165, 1.54) is 6.92 Å². The number of carbonyl (C=O) groups excluding carboxylic acids is 3. The monoisotopic (exact) mass is 1260 g/mol. The number of hydrogen-bond donors (Lipinski definition) is 2. The Hall–Kier alpha value is -5.45. The van der Waals surface area contributed by atoms with Crippen LogP contribution in [0.25, 0.3) is 0 Å². The number of carbonyl (C=O) groups is 4. The molecule has 0 aromatic heterocycles. The summed E-state index contributed by atoms with van der Waals surface area (Å²) in [5, 5.41) is 8.18. The second-order valence-electron chi connectivity index (χ2n) is 18.1. The number of nitrogens with zero attached hydrogens (tertiary/aromatic N) is 1. The van der Waals surface area contributed by atoms with Crippen molar-refractivity contribution in [2.45, 2.75) is 157 Å². The molecule has 2 aromatic rings. The summed E-state index contributed by atoms with van der Waals surface area (Å²) < 4.78 is 371. The highest BCUT2D eigenvalue weighted by molar-refractivity contribution is 7.85. The van der Waals surface area contributed by atoms with Gasteiger partial charge in [-0.25, -0.2) is 22.5 Å². The minimum Gasteiger partial charge on any atom is -0.483 e. The maximum atomic E-state index is 14.8. The van der Waals surface area contributed by atoms with Crippen LogP contribution in [0.5, 0.6) is 11.5 Å². The van der Waals surface area contributed by atoms with Crippen molar-refractivity contribution < 1.29 is 152 Å². The van der Waals surface area contributed by atoms with Gasteiger partial charge < -0.3 is 14.6 Å². The van der Waals surface area contributed by atoms with E-state index in [1.54, 1.807) is 6.92 Å². The van der Waals surface area contributed by atoms with Crippen molar-refractivity contribution in [3.05, 3.63) is 48.0 Å². The van der Waals surface area contributed by atoms with Crippen molar-refractivity contribution in [2.24, 2.45) is 23.7 Å². The van der Waals surface area contributed by atoms with Gasteiger partial charge in [0.25, 0.3) is 10.1 Å². The molecule has 0 aliphatic carbocycles. The van der Waals surface area contributed by atoms with Gasteiger partial charge in [-0.3, -0.25) is 23.7 Å². The van der Waals surface area contributed by atoms with E-state index in [2.05, 4.69) is 9.47 Å². The highest BCUT2D eigenvalue weighted by Gasteiger charge is 2.89. The number of carboxylic acids is 1. The quantitative estimate of drug-likeness (QED) is 0.0526. The van der Waals surface area contributed by atoms with E-state index < -0.39 is 153 Å². The summed E-state index contributed by atoms with van der Waals surface area (Å²) in [5.74, 6) is -89.2. The number of carboxylic acid groups (broad SMARTS) is 1. The minimum atomic E-state index is -8.22. The summed E-state index contributed by atoms with van der Waals surface area (Å²) in [6, 6.07) is 3.54. The molecule has 0 bridgehead atoms. The van der Waals surface area contributed by atoms with Crippen molar-refractivity contribution in [1.82, 2.24) is 0 Å². The Balaban J connectivity index is 0.00000196. The van der Waals surface area contributed by atoms with Gasteiger partial charge in [-0.15, -0.1) is 0 Å². The number of alkyl halides is 24. The number of halogens is 24. The molecule has 82 heavy (non-hydrogen) atoms. The second-order valence-corrected chi connectivity index (χ2v) is 19.5. The standard InChI is InChI=1S/C34H25F24NO7S.C7H14O.C5H10O2/c1-3-17(14-4-7-16(8-5-14)67(62,63)64)20-13(2)21(60)59(22(20)61)15-6-9-18(65-11-25(39,40)29(47,48)33(55,56)31(51,52)27(43,44)23(35)36)19(10-15)66-12-26(41,42)30(49,50)34(57,58)32(53,54)28(45,46)24(37)38;1-4-6(3)7(8)5-2;1-3-4(2)5(6)7/h4-10,13,17,20,23-24H,3,11-12H2,1-2H3,(H,62,63,64);6H,4-5H2,1-3H3;4H,3H2,1-2H3,(H,6,7). The topological polar surface area (TPSA) is 165 Å². The van der Waals surface area contributed by atoms with Gasteiger partial charge >= 0.3 is 78.0 Å². The average Bonchev–Trinajstić information content (AvgIpc) is 3.59. The van der Waals surface area contributed by atoms with Crippen molar-refractivity contribution in [2.75, 3.05) is 18.1 Å². The van der Waals surface area contributed by atoms with Crippen molar-refractivity contribution in [1.29, 1.82) is 0 Å². The molecule has 3 rings (SSSR count). The van der Waals surface area contributed by atoms with Crippen LogP contribution in [0.15, 0.2) is 47.4 Å². The fourth-order valence-corrected chi connectivity index (χ4v) is 7.35. The molecule has 5 unspecified atom stereocenters. The third kappa shape index (κ3) is 14.4. The van der Waals surface area contributed by atoms with Crippen LogP contribution < -0.4 is 14.4 Å². The van der Waals surface area contributed by atoms with E-state index >= 15 is 0 Å². The first-order valence-electron chi connectivity index (χ1n) is 23.2. The number of Topliss-reactive ketones (excluding diaryl/α,β-unsaturated/α-hetero) is 1. The predicted octanol–water partition coefficient (Wildman–Crippen LogP) is 14.0. The zero-order valence-corrected chi connectivity index (χ0v) is 43.7. The SMILES string of the molecule is CCC(=O)C(C)CC.CCC(C)C(=O)O.CCC(c1ccc(S(=O)(=O)O)cc1)C1C(=O)N(c2ccc(OCC(F)(F)C(F)(F)C(F)(F)C(F)(F)C(F)(F)C(F)F)c(OCC(F)(F)C(F)(F)C(F)(F)C(F)(F)C(F)(F)C(F)F)c2)C(=O)C1C. The fourth-order valence-electron chi connectivity index (χ4n) is 6.87. The molecule has 472 valence electrons. The van der Waals surface area contributed by atoms with Crippen LogP contribution >= 0.6 is 0 Å². The summed E-state index contributed by atoms with van der Waals surface area (Å²) in [4.78, 5) is 47.2. The molecule has 1 heterocycles. The lowest BCUT2D eigenvalue weighted by molar-refractivity contribution is -0.414. The van der Waals surface area contributed by atoms with Gasteiger partial charge in [-0.05, 0) is 55.0 Å². The molecule has 36 heteroatoms. The van der Waals surface area contributed by atoms with Gasteiger partial charge in [0.1, 0.15) is 5.78 Å². The smallest absolute Gasteiger partial charge is 0.384 e. The van der Waals surface area contributed by atoms with Gasteiger partial charge in [0.05, 0.1) is 22.4 Å². The first kappa shape index (κ1) is 74.6. The van der Waals surface area contributed by atoms with Crippen molar-refractivity contribution in [3.63, 3.8) is 0 Å². The summed E-state index contributed by atoms with van der Waals surface area (Å²) >= 11 is 0. The number of ketones is 1. The first-order chi connectivity index (χ1) is 36.7. The number of aliphatic carboxylic acids is 1. The molecule has 0 saturated carbocycles. The number of imide groups is 1. The fraction of sp³-hybridized carbons (Fsp3) is 0.652. The molecular weight excluding hydrogens is 1210 g/mol. The van der Waals surface area contributed by atoms with E-state index in [4.69, 9.17) is 5.11 Å². The molecule has 2 amide bonds. The average molecular weight is 1260 g/mol. The molecule has 0 spiro atoms. The van der Waals surface area contributed by atoms with Gasteiger partial charge in [0.2, 0.25) is 11.8 Å². The molecule has 1 aliphatic heterocycles. The van der Waals surface area contributed by atoms with Gasteiger partial charge in [0.15, 0.2) is 24.7 Å². The molecule has 1 aliphatic rings. The maximum absolute atomic E-state index is 14.8. The highest BCUT2D eigenvalue weighted by atomic mass is 32.2. The number of rotatable bonds is 26. The molecule has 1 fully saturated rings. The normalized spacial score (nSPS) is 17.7. The van der Waals surface area contributed by atoms with Crippen LogP contribution in [0.4, 0.5) is 111 Å². The Kier molecular flexibility index (Phi) is 23.8. The van der Waals surface area contributed by atoms with E-state index in [9.17, 15) is 138 Å². The van der Waals surface area contributed by atoms with Gasteiger partial charge in [0, 0.05) is 24.3 Å².